The van der Waals surface area contributed by atoms with Crippen molar-refractivity contribution in [1.82, 2.24) is 5.32 Å². The van der Waals surface area contributed by atoms with E-state index in [-0.39, 0.29) is 6.10 Å². The van der Waals surface area contributed by atoms with Gasteiger partial charge in [-0.15, -0.1) is 0 Å². The summed E-state index contributed by atoms with van der Waals surface area (Å²) in [6, 6.07) is 0. The SMILES string of the molecule is CCCCCCNCC1COCCOCCOCCOCCO1. The second-order valence-electron chi connectivity index (χ2n) is 5.67. The molecule has 0 saturated carbocycles. The van der Waals surface area contributed by atoms with Gasteiger partial charge < -0.3 is 29.0 Å². The summed E-state index contributed by atoms with van der Waals surface area (Å²) in [4.78, 5) is 0. The number of unbranched alkanes of at least 4 members (excludes halogenated alkanes) is 3. The van der Waals surface area contributed by atoms with Crippen molar-refractivity contribution in [3.8, 4) is 0 Å². The van der Waals surface area contributed by atoms with Crippen molar-refractivity contribution in [2.75, 3.05) is 72.6 Å². The molecule has 1 aliphatic heterocycles. The van der Waals surface area contributed by atoms with E-state index in [2.05, 4.69) is 12.2 Å². The van der Waals surface area contributed by atoms with E-state index in [1.165, 1.54) is 25.7 Å². The lowest BCUT2D eigenvalue weighted by molar-refractivity contribution is -0.0444. The molecular weight excluding hydrogens is 298 g/mol. The fourth-order valence-corrected chi connectivity index (χ4v) is 2.25. The molecule has 1 unspecified atom stereocenters. The molecule has 0 aromatic heterocycles. The molecule has 0 spiro atoms. The topological polar surface area (TPSA) is 58.2 Å². The number of rotatable bonds is 7. The van der Waals surface area contributed by atoms with Crippen molar-refractivity contribution in [2.45, 2.75) is 38.7 Å². The molecule has 0 radical (unpaired) electrons. The Morgan fingerprint density at radius 3 is 2.00 bits per heavy atom. The molecule has 1 fully saturated rings. The molecule has 0 bridgehead atoms. The Hall–Kier alpha value is -0.240. The highest BCUT2D eigenvalue weighted by Gasteiger charge is 2.09. The minimum atomic E-state index is 0.0613. The van der Waals surface area contributed by atoms with E-state index in [0.717, 1.165) is 13.1 Å². The zero-order valence-electron chi connectivity index (χ0n) is 14.7. The van der Waals surface area contributed by atoms with E-state index < -0.39 is 0 Å². The Balaban J connectivity index is 2.15. The summed E-state index contributed by atoms with van der Waals surface area (Å²) in [7, 11) is 0. The zero-order chi connectivity index (χ0) is 16.4. The van der Waals surface area contributed by atoms with Gasteiger partial charge in [-0.2, -0.15) is 0 Å². The molecule has 0 aromatic carbocycles. The van der Waals surface area contributed by atoms with Gasteiger partial charge >= 0.3 is 0 Å². The third-order valence-electron chi connectivity index (χ3n) is 3.58. The Kier molecular flexibility index (Phi) is 15.0. The first-order chi connectivity index (χ1) is 11.4. The smallest absolute Gasteiger partial charge is 0.0933 e. The molecule has 0 aromatic rings. The van der Waals surface area contributed by atoms with Crippen molar-refractivity contribution in [3.05, 3.63) is 0 Å². The largest absolute Gasteiger partial charge is 0.377 e. The lowest BCUT2D eigenvalue weighted by atomic mass is 10.2. The summed E-state index contributed by atoms with van der Waals surface area (Å²) in [5.41, 5.74) is 0. The Labute approximate surface area is 141 Å². The number of hydrogen-bond acceptors (Lipinski definition) is 6. The van der Waals surface area contributed by atoms with Gasteiger partial charge in [0.1, 0.15) is 0 Å². The standard InChI is InChI=1S/C17H35NO5/c1-2-3-4-5-6-18-15-17-16-22-12-11-20-8-7-19-9-10-21-13-14-23-17/h17-18H,2-16H2,1H3. The average molecular weight is 333 g/mol. The minimum absolute atomic E-state index is 0.0613. The summed E-state index contributed by atoms with van der Waals surface area (Å²) in [5.74, 6) is 0. The monoisotopic (exact) mass is 333 g/mol. The molecule has 1 aliphatic rings. The van der Waals surface area contributed by atoms with E-state index in [4.69, 9.17) is 23.7 Å². The molecule has 138 valence electrons. The van der Waals surface area contributed by atoms with Gasteiger partial charge in [0.15, 0.2) is 0 Å². The highest BCUT2D eigenvalue weighted by atomic mass is 16.6. The van der Waals surface area contributed by atoms with E-state index in [1.54, 1.807) is 0 Å². The fourth-order valence-electron chi connectivity index (χ4n) is 2.25. The zero-order valence-corrected chi connectivity index (χ0v) is 14.7. The van der Waals surface area contributed by atoms with Crippen LogP contribution in [0.25, 0.3) is 0 Å². The second-order valence-corrected chi connectivity index (χ2v) is 5.67. The summed E-state index contributed by atoms with van der Waals surface area (Å²) in [6.45, 7) is 9.43. The molecule has 1 atom stereocenters. The van der Waals surface area contributed by atoms with E-state index >= 15 is 0 Å². The van der Waals surface area contributed by atoms with Gasteiger partial charge in [-0.25, -0.2) is 0 Å². The summed E-state index contributed by atoms with van der Waals surface area (Å²) in [5, 5.41) is 3.46. The fraction of sp³-hybridized carbons (Fsp3) is 1.00. The van der Waals surface area contributed by atoms with Gasteiger partial charge in [-0.3, -0.25) is 0 Å². The molecule has 6 nitrogen and oxygen atoms in total. The Morgan fingerprint density at radius 1 is 0.739 bits per heavy atom. The molecule has 1 heterocycles. The van der Waals surface area contributed by atoms with Crippen molar-refractivity contribution in [1.29, 1.82) is 0 Å². The third-order valence-corrected chi connectivity index (χ3v) is 3.58. The highest BCUT2D eigenvalue weighted by molar-refractivity contribution is 4.62. The van der Waals surface area contributed by atoms with E-state index in [1.807, 2.05) is 0 Å². The van der Waals surface area contributed by atoms with Crippen LogP contribution >= 0.6 is 0 Å². The van der Waals surface area contributed by atoms with Crippen molar-refractivity contribution in [2.24, 2.45) is 0 Å². The maximum absolute atomic E-state index is 5.85. The number of nitrogens with one attached hydrogen (secondary N) is 1. The molecular formula is C17H35NO5. The van der Waals surface area contributed by atoms with Crippen LogP contribution in [0.2, 0.25) is 0 Å². The van der Waals surface area contributed by atoms with Crippen LogP contribution in [0.15, 0.2) is 0 Å². The van der Waals surface area contributed by atoms with Gasteiger partial charge in [0.25, 0.3) is 0 Å². The first-order valence-electron chi connectivity index (χ1n) is 9.06. The van der Waals surface area contributed by atoms with Crippen LogP contribution in [0.3, 0.4) is 0 Å². The van der Waals surface area contributed by atoms with Gasteiger partial charge in [0, 0.05) is 6.54 Å². The van der Waals surface area contributed by atoms with Crippen molar-refractivity contribution < 1.29 is 23.7 Å². The Bertz CT molecular complexity index is 227. The van der Waals surface area contributed by atoms with Crippen LogP contribution in [0.1, 0.15) is 32.6 Å². The summed E-state index contributed by atoms with van der Waals surface area (Å²) >= 11 is 0. The Morgan fingerprint density at radius 2 is 1.35 bits per heavy atom. The predicted molar refractivity (Wildman–Crippen MR) is 90.0 cm³/mol. The van der Waals surface area contributed by atoms with Crippen LogP contribution < -0.4 is 5.32 Å². The van der Waals surface area contributed by atoms with Crippen molar-refractivity contribution >= 4 is 0 Å². The predicted octanol–water partition coefficient (Wildman–Crippen LogP) is 1.62. The molecule has 6 heteroatoms. The molecule has 23 heavy (non-hydrogen) atoms. The number of ether oxygens (including phenoxy) is 5. The van der Waals surface area contributed by atoms with Crippen molar-refractivity contribution in [3.63, 3.8) is 0 Å². The van der Waals surface area contributed by atoms with Gasteiger partial charge in [0.05, 0.1) is 65.6 Å². The first kappa shape index (κ1) is 20.8. The van der Waals surface area contributed by atoms with Crippen LogP contribution in [0.5, 0.6) is 0 Å². The lowest BCUT2D eigenvalue weighted by Gasteiger charge is -2.19. The summed E-state index contributed by atoms with van der Waals surface area (Å²) in [6.07, 6.45) is 5.15. The molecule has 1 rings (SSSR count). The molecule has 1 N–H and O–H groups in total. The maximum atomic E-state index is 5.85. The van der Waals surface area contributed by atoms with Crippen LogP contribution in [-0.4, -0.2) is 78.7 Å². The second kappa shape index (κ2) is 16.6. The normalized spacial score (nSPS) is 23.1. The van der Waals surface area contributed by atoms with E-state index in [9.17, 15) is 0 Å². The molecule has 0 aliphatic carbocycles. The van der Waals surface area contributed by atoms with E-state index in [0.29, 0.717) is 59.5 Å². The van der Waals surface area contributed by atoms with Gasteiger partial charge in [-0.05, 0) is 13.0 Å². The quantitative estimate of drug-likeness (QED) is 0.715. The van der Waals surface area contributed by atoms with Gasteiger partial charge in [-0.1, -0.05) is 26.2 Å². The van der Waals surface area contributed by atoms with Crippen LogP contribution in [-0.2, 0) is 23.7 Å². The lowest BCUT2D eigenvalue weighted by Crippen LogP contribution is -2.34. The molecule has 0 amide bonds. The third kappa shape index (κ3) is 13.9. The van der Waals surface area contributed by atoms with Crippen LogP contribution in [0, 0.1) is 0 Å². The maximum Gasteiger partial charge on any atom is 0.0933 e. The van der Waals surface area contributed by atoms with Gasteiger partial charge in [0.2, 0.25) is 0 Å². The highest BCUT2D eigenvalue weighted by Crippen LogP contribution is 1.98. The summed E-state index contributed by atoms with van der Waals surface area (Å²) < 4.78 is 27.8. The first-order valence-corrected chi connectivity index (χ1v) is 9.06. The minimum Gasteiger partial charge on any atom is -0.377 e. The molecule has 1 saturated heterocycles. The van der Waals surface area contributed by atoms with Crippen LogP contribution in [0.4, 0.5) is 0 Å². The number of hydrogen-bond donors (Lipinski definition) is 1. The average Bonchev–Trinajstić information content (AvgIpc) is 2.57.